The van der Waals surface area contributed by atoms with Crippen LogP contribution in [0.1, 0.15) is 31.0 Å². The summed E-state index contributed by atoms with van der Waals surface area (Å²) in [4.78, 5) is 17.6. The summed E-state index contributed by atoms with van der Waals surface area (Å²) in [6, 6.07) is 6.34. The average Bonchev–Trinajstić information content (AvgIpc) is 3.00. The highest BCUT2D eigenvalue weighted by Gasteiger charge is 2.17. The standard InChI is InChI=1S/C15H20N2OS2/c1-10-8-14(20-11(10)2)15(18)16-9-12(17(3)4)13-6-5-7-19-13/h5-8,12H,9H2,1-4H3,(H,16,18). The van der Waals surface area contributed by atoms with E-state index in [1.807, 2.05) is 40.1 Å². The Hall–Kier alpha value is -1.17. The van der Waals surface area contributed by atoms with Crippen molar-refractivity contribution in [1.82, 2.24) is 10.2 Å². The molecule has 2 rings (SSSR count). The normalized spacial score (nSPS) is 12.7. The van der Waals surface area contributed by atoms with E-state index in [1.165, 1.54) is 15.3 Å². The minimum atomic E-state index is 0.0228. The van der Waals surface area contributed by atoms with Crippen molar-refractivity contribution in [1.29, 1.82) is 0 Å². The summed E-state index contributed by atoms with van der Waals surface area (Å²) < 4.78 is 0. The van der Waals surface area contributed by atoms with E-state index in [4.69, 9.17) is 0 Å². The fraction of sp³-hybridized carbons (Fsp3) is 0.400. The van der Waals surface area contributed by atoms with Crippen LogP contribution < -0.4 is 5.32 Å². The number of nitrogens with zero attached hydrogens (tertiary/aromatic N) is 1. The molecule has 0 aliphatic rings. The number of rotatable bonds is 5. The lowest BCUT2D eigenvalue weighted by Gasteiger charge is -2.23. The van der Waals surface area contributed by atoms with Crippen molar-refractivity contribution in [2.75, 3.05) is 20.6 Å². The van der Waals surface area contributed by atoms with Crippen molar-refractivity contribution >= 4 is 28.6 Å². The molecular formula is C15H20N2OS2. The van der Waals surface area contributed by atoms with Crippen LogP contribution in [0.3, 0.4) is 0 Å². The van der Waals surface area contributed by atoms with Crippen LogP contribution in [0.2, 0.25) is 0 Å². The summed E-state index contributed by atoms with van der Waals surface area (Å²) in [6.45, 7) is 4.71. The Morgan fingerprint density at radius 1 is 1.40 bits per heavy atom. The maximum absolute atomic E-state index is 12.2. The molecule has 0 radical (unpaired) electrons. The molecule has 108 valence electrons. The van der Waals surface area contributed by atoms with Crippen LogP contribution in [0.5, 0.6) is 0 Å². The number of carbonyl (C=O) groups is 1. The van der Waals surface area contributed by atoms with Gasteiger partial charge in [0.1, 0.15) is 0 Å². The van der Waals surface area contributed by atoms with Crippen molar-refractivity contribution in [2.45, 2.75) is 19.9 Å². The van der Waals surface area contributed by atoms with Gasteiger partial charge < -0.3 is 10.2 Å². The van der Waals surface area contributed by atoms with E-state index in [9.17, 15) is 4.79 Å². The Balaban J connectivity index is 2.01. The lowest BCUT2D eigenvalue weighted by atomic mass is 10.2. The Labute approximate surface area is 128 Å². The second kappa shape index (κ2) is 6.52. The molecule has 1 unspecified atom stereocenters. The fourth-order valence-electron chi connectivity index (χ4n) is 1.98. The summed E-state index contributed by atoms with van der Waals surface area (Å²) in [7, 11) is 4.08. The number of nitrogens with one attached hydrogen (secondary N) is 1. The van der Waals surface area contributed by atoms with Crippen molar-refractivity contribution in [3.8, 4) is 0 Å². The quantitative estimate of drug-likeness (QED) is 0.917. The first-order valence-electron chi connectivity index (χ1n) is 6.54. The number of carbonyl (C=O) groups excluding carboxylic acids is 1. The van der Waals surface area contributed by atoms with E-state index in [1.54, 1.807) is 22.7 Å². The fourth-order valence-corrected chi connectivity index (χ4v) is 3.85. The molecule has 0 aliphatic carbocycles. The number of hydrogen-bond acceptors (Lipinski definition) is 4. The van der Waals surface area contributed by atoms with E-state index in [-0.39, 0.29) is 11.9 Å². The van der Waals surface area contributed by atoms with Crippen molar-refractivity contribution in [3.63, 3.8) is 0 Å². The van der Waals surface area contributed by atoms with Gasteiger partial charge in [-0.1, -0.05) is 6.07 Å². The first-order valence-corrected chi connectivity index (χ1v) is 8.23. The number of hydrogen-bond donors (Lipinski definition) is 1. The molecule has 2 aromatic rings. The van der Waals surface area contributed by atoms with E-state index in [0.29, 0.717) is 6.54 Å². The van der Waals surface area contributed by atoms with Gasteiger partial charge in [0.15, 0.2) is 0 Å². The van der Waals surface area contributed by atoms with Crippen LogP contribution in [0.15, 0.2) is 23.6 Å². The Kier molecular flexibility index (Phi) is 4.96. The first-order chi connectivity index (χ1) is 9.49. The van der Waals surface area contributed by atoms with Gasteiger partial charge in [0.25, 0.3) is 5.91 Å². The zero-order chi connectivity index (χ0) is 14.7. The molecule has 1 atom stereocenters. The zero-order valence-electron chi connectivity index (χ0n) is 12.3. The monoisotopic (exact) mass is 308 g/mol. The minimum absolute atomic E-state index is 0.0228. The highest BCUT2D eigenvalue weighted by atomic mass is 32.1. The van der Waals surface area contributed by atoms with Gasteiger partial charge in [-0.25, -0.2) is 0 Å². The van der Waals surface area contributed by atoms with E-state index >= 15 is 0 Å². The van der Waals surface area contributed by atoms with Crippen molar-refractivity contribution in [3.05, 3.63) is 43.8 Å². The molecule has 5 heteroatoms. The van der Waals surface area contributed by atoms with Gasteiger partial charge in [-0.05, 0) is 51.0 Å². The minimum Gasteiger partial charge on any atom is -0.349 e. The second-order valence-electron chi connectivity index (χ2n) is 5.05. The van der Waals surface area contributed by atoms with Crippen LogP contribution in [-0.4, -0.2) is 31.4 Å². The van der Waals surface area contributed by atoms with Crippen LogP contribution in [-0.2, 0) is 0 Å². The van der Waals surface area contributed by atoms with Gasteiger partial charge >= 0.3 is 0 Å². The van der Waals surface area contributed by atoms with Gasteiger partial charge in [-0.3, -0.25) is 4.79 Å². The highest BCUT2D eigenvalue weighted by molar-refractivity contribution is 7.14. The summed E-state index contributed by atoms with van der Waals surface area (Å²) >= 11 is 3.28. The number of aryl methyl sites for hydroxylation is 2. The molecule has 0 bridgehead atoms. The maximum atomic E-state index is 12.2. The molecule has 0 fully saturated rings. The predicted molar refractivity (Wildman–Crippen MR) is 86.9 cm³/mol. The third-order valence-electron chi connectivity index (χ3n) is 3.34. The number of thiophene rings is 2. The third-order valence-corrected chi connectivity index (χ3v) is 5.47. The summed E-state index contributed by atoms with van der Waals surface area (Å²) in [5.74, 6) is 0.0228. The summed E-state index contributed by atoms with van der Waals surface area (Å²) in [5.41, 5.74) is 1.18. The topological polar surface area (TPSA) is 32.3 Å². The zero-order valence-corrected chi connectivity index (χ0v) is 13.9. The molecule has 2 aromatic heterocycles. The maximum Gasteiger partial charge on any atom is 0.261 e. The highest BCUT2D eigenvalue weighted by Crippen LogP contribution is 2.23. The van der Waals surface area contributed by atoms with Crippen LogP contribution in [0.4, 0.5) is 0 Å². The van der Waals surface area contributed by atoms with Crippen molar-refractivity contribution < 1.29 is 4.79 Å². The van der Waals surface area contributed by atoms with Gasteiger partial charge in [0, 0.05) is 16.3 Å². The van der Waals surface area contributed by atoms with Gasteiger partial charge in [-0.15, -0.1) is 22.7 Å². The molecule has 1 N–H and O–H groups in total. The summed E-state index contributed by atoms with van der Waals surface area (Å²) in [5, 5.41) is 5.11. The van der Waals surface area contributed by atoms with Crippen LogP contribution >= 0.6 is 22.7 Å². The molecule has 0 saturated heterocycles. The average molecular weight is 308 g/mol. The van der Waals surface area contributed by atoms with E-state index in [2.05, 4.69) is 21.7 Å². The molecule has 20 heavy (non-hydrogen) atoms. The molecule has 0 saturated carbocycles. The predicted octanol–water partition coefficient (Wildman–Crippen LogP) is 3.46. The van der Waals surface area contributed by atoms with Gasteiger partial charge in [0.05, 0.1) is 10.9 Å². The lowest BCUT2D eigenvalue weighted by molar-refractivity contribution is 0.0946. The smallest absolute Gasteiger partial charge is 0.261 e. The van der Waals surface area contributed by atoms with Gasteiger partial charge in [0.2, 0.25) is 0 Å². The van der Waals surface area contributed by atoms with E-state index < -0.39 is 0 Å². The van der Waals surface area contributed by atoms with Gasteiger partial charge in [-0.2, -0.15) is 0 Å². The first kappa shape index (κ1) is 15.2. The molecule has 0 aliphatic heterocycles. The number of likely N-dealkylation sites (N-methyl/N-ethyl adjacent to an activating group) is 1. The second-order valence-corrected chi connectivity index (χ2v) is 7.29. The SMILES string of the molecule is Cc1cc(C(=O)NCC(c2cccs2)N(C)C)sc1C. The molecule has 1 amide bonds. The Morgan fingerprint density at radius 2 is 2.15 bits per heavy atom. The molecule has 3 nitrogen and oxygen atoms in total. The Bertz CT molecular complexity index is 553. The molecular weight excluding hydrogens is 288 g/mol. The lowest BCUT2D eigenvalue weighted by Crippen LogP contribution is -2.33. The largest absolute Gasteiger partial charge is 0.349 e. The van der Waals surface area contributed by atoms with Crippen molar-refractivity contribution in [2.24, 2.45) is 0 Å². The van der Waals surface area contributed by atoms with E-state index in [0.717, 1.165) is 4.88 Å². The van der Waals surface area contributed by atoms with Crippen LogP contribution in [0, 0.1) is 13.8 Å². The van der Waals surface area contributed by atoms with Crippen LogP contribution in [0.25, 0.3) is 0 Å². The third kappa shape index (κ3) is 3.48. The molecule has 2 heterocycles. The molecule has 0 aromatic carbocycles. The Morgan fingerprint density at radius 3 is 2.65 bits per heavy atom. The number of amides is 1. The summed E-state index contributed by atoms with van der Waals surface area (Å²) in [6.07, 6.45) is 0. The molecule has 0 spiro atoms.